The van der Waals surface area contributed by atoms with E-state index in [4.69, 9.17) is 0 Å². The molecule has 1 heterocycles. The number of amides is 2. The van der Waals surface area contributed by atoms with Crippen LogP contribution in [0.25, 0.3) is 10.9 Å². The average Bonchev–Trinajstić information content (AvgIpc) is 2.64. The third-order valence-electron chi connectivity index (χ3n) is 4.20. The Bertz CT molecular complexity index is 1120. The van der Waals surface area contributed by atoms with Crippen molar-refractivity contribution < 1.29 is 14.0 Å². The minimum absolute atomic E-state index is 0.0390. The first-order valence-electron chi connectivity index (χ1n) is 8.67. The van der Waals surface area contributed by atoms with E-state index in [2.05, 4.69) is 15.6 Å². The van der Waals surface area contributed by atoms with Crippen LogP contribution in [0.15, 0.2) is 47.5 Å². The number of anilines is 2. The quantitative estimate of drug-likeness (QED) is 0.710. The van der Waals surface area contributed by atoms with E-state index < -0.39 is 11.7 Å². The number of halogens is 1. The number of rotatable bonds is 5. The van der Waals surface area contributed by atoms with Gasteiger partial charge in [-0.3, -0.25) is 19.0 Å². The van der Waals surface area contributed by atoms with Crippen LogP contribution >= 0.6 is 0 Å². The molecule has 0 saturated carbocycles. The van der Waals surface area contributed by atoms with Crippen molar-refractivity contribution in [2.75, 3.05) is 10.6 Å². The SMILES string of the molecule is CC(=O)Nc1ccc(F)c(NC(=O)CCn2cnc3c(C)cccc3c2=O)c1. The molecule has 2 amide bonds. The number of fused-ring (bicyclic) bond motifs is 1. The summed E-state index contributed by atoms with van der Waals surface area (Å²) in [7, 11) is 0. The number of nitrogens with one attached hydrogen (secondary N) is 2. The van der Waals surface area contributed by atoms with Crippen LogP contribution in [0.2, 0.25) is 0 Å². The van der Waals surface area contributed by atoms with Gasteiger partial charge in [0.15, 0.2) is 0 Å². The topological polar surface area (TPSA) is 93.1 Å². The number of benzene rings is 2. The van der Waals surface area contributed by atoms with E-state index >= 15 is 0 Å². The molecule has 0 aliphatic carbocycles. The third-order valence-corrected chi connectivity index (χ3v) is 4.20. The Morgan fingerprint density at radius 2 is 1.96 bits per heavy atom. The first-order chi connectivity index (χ1) is 13.3. The monoisotopic (exact) mass is 382 g/mol. The Kier molecular flexibility index (Phi) is 5.49. The summed E-state index contributed by atoms with van der Waals surface area (Å²) >= 11 is 0. The summed E-state index contributed by atoms with van der Waals surface area (Å²) in [5, 5.41) is 5.46. The summed E-state index contributed by atoms with van der Waals surface area (Å²) in [6, 6.07) is 9.23. The van der Waals surface area contributed by atoms with E-state index in [0.29, 0.717) is 16.6 Å². The maximum Gasteiger partial charge on any atom is 0.261 e. The van der Waals surface area contributed by atoms with Gasteiger partial charge in [-0.05, 0) is 36.8 Å². The number of carbonyl (C=O) groups is 2. The molecule has 7 nitrogen and oxygen atoms in total. The summed E-state index contributed by atoms with van der Waals surface area (Å²) < 4.78 is 15.3. The van der Waals surface area contributed by atoms with Crippen molar-refractivity contribution in [2.24, 2.45) is 0 Å². The fourth-order valence-corrected chi connectivity index (χ4v) is 2.83. The highest BCUT2D eigenvalue weighted by molar-refractivity contribution is 5.93. The van der Waals surface area contributed by atoms with Gasteiger partial charge in [-0.1, -0.05) is 12.1 Å². The van der Waals surface area contributed by atoms with Crippen molar-refractivity contribution in [3.63, 3.8) is 0 Å². The number of aryl methyl sites for hydroxylation is 2. The van der Waals surface area contributed by atoms with Crippen LogP contribution < -0.4 is 16.2 Å². The minimum Gasteiger partial charge on any atom is -0.326 e. The van der Waals surface area contributed by atoms with Gasteiger partial charge in [0.05, 0.1) is 22.9 Å². The molecule has 0 aliphatic heterocycles. The van der Waals surface area contributed by atoms with E-state index in [1.54, 1.807) is 12.1 Å². The molecule has 28 heavy (non-hydrogen) atoms. The molecule has 0 bridgehead atoms. The molecule has 3 aromatic rings. The Balaban J connectivity index is 1.71. The second kappa shape index (κ2) is 7.99. The fraction of sp³-hybridized carbons (Fsp3) is 0.200. The highest BCUT2D eigenvalue weighted by atomic mass is 19.1. The van der Waals surface area contributed by atoms with Crippen LogP contribution in [0.5, 0.6) is 0 Å². The molecule has 2 N–H and O–H groups in total. The lowest BCUT2D eigenvalue weighted by Crippen LogP contribution is -2.24. The van der Waals surface area contributed by atoms with Gasteiger partial charge in [-0.2, -0.15) is 0 Å². The van der Waals surface area contributed by atoms with Gasteiger partial charge in [0.2, 0.25) is 11.8 Å². The number of nitrogens with zero attached hydrogens (tertiary/aromatic N) is 2. The molecule has 0 atom stereocenters. The molecule has 0 fully saturated rings. The summed E-state index contributed by atoms with van der Waals surface area (Å²) in [5.74, 6) is -1.39. The van der Waals surface area contributed by atoms with E-state index in [1.807, 2.05) is 13.0 Å². The maximum absolute atomic E-state index is 13.9. The van der Waals surface area contributed by atoms with Crippen LogP contribution in [0.1, 0.15) is 18.9 Å². The van der Waals surface area contributed by atoms with E-state index in [-0.39, 0.29) is 30.1 Å². The molecule has 0 spiro atoms. The van der Waals surface area contributed by atoms with Gasteiger partial charge < -0.3 is 10.6 Å². The normalized spacial score (nSPS) is 10.7. The molecule has 1 aromatic heterocycles. The van der Waals surface area contributed by atoms with Gasteiger partial charge >= 0.3 is 0 Å². The Hall–Kier alpha value is -3.55. The Morgan fingerprint density at radius 3 is 2.71 bits per heavy atom. The van der Waals surface area contributed by atoms with Crippen LogP contribution in [0.3, 0.4) is 0 Å². The molecular weight excluding hydrogens is 363 g/mol. The third kappa shape index (κ3) is 4.22. The highest BCUT2D eigenvalue weighted by Crippen LogP contribution is 2.20. The predicted octanol–water partition coefficient (Wildman–Crippen LogP) is 2.83. The van der Waals surface area contributed by atoms with Gasteiger partial charge in [-0.15, -0.1) is 0 Å². The van der Waals surface area contributed by atoms with Crippen LogP contribution in [-0.2, 0) is 16.1 Å². The first-order valence-corrected chi connectivity index (χ1v) is 8.67. The molecule has 144 valence electrons. The Labute approximate surface area is 160 Å². The molecular formula is C20H19FN4O3. The average molecular weight is 382 g/mol. The zero-order valence-electron chi connectivity index (χ0n) is 15.5. The van der Waals surface area contributed by atoms with Crippen LogP contribution in [0, 0.1) is 12.7 Å². The second-order valence-electron chi connectivity index (χ2n) is 6.39. The van der Waals surface area contributed by atoms with Gasteiger partial charge in [0.25, 0.3) is 5.56 Å². The summed E-state index contributed by atoms with van der Waals surface area (Å²) in [6.45, 7) is 3.31. The fourth-order valence-electron chi connectivity index (χ4n) is 2.83. The maximum atomic E-state index is 13.9. The Morgan fingerprint density at radius 1 is 1.18 bits per heavy atom. The lowest BCUT2D eigenvalue weighted by Gasteiger charge is -2.10. The molecule has 8 heteroatoms. The zero-order chi connectivity index (χ0) is 20.3. The summed E-state index contributed by atoms with van der Waals surface area (Å²) in [5.41, 5.74) is 1.62. The van der Waals surface area contributed by atoms with Gasteiger partial charge in [0.1, 0.15) is 5.82 Å². The predicted molar refractivity (Wildman–Crippen MR) is 105 cm³/mol. The van der Waals surface area contributed by atoms with E-state index in [9.17, 15) is 18.8 Å². The summed E-state index contributed by atoms with van der Waals surface area (Å²) in [4.78, 5) is 40.1. The van der Waals surface area contributed by atoms with Crippen molar-refractivity contribution in [1.29, 1.82) is 0 Å². The molecule has 0 radical (unpaired) electrons. The van der Waals surface area contributed by atoms with Crippen molar-refractivity contribution in [2.45, 2.75) is 26.8 Å². The van der Waals surface area contributed by atoms with E-state index in [1.165, 1.54) is 30.0 Å². The van der Waals surface area contributed by atoms with Gasteiger partial charge in [0, 0.05) is 25.6 Å². The van der Waals surface area contributed by atoms with E-state index in [0.717, 1.165) is 11.6 Å². The largest absolute Gasteiger partial charge is 0.326 e. The lowest BCUT2D eigenvalue weighted by molar-refractivity contribution is -0.116. The lowest BCUT2D eigenvalue weighted by atomic mass is 10.1. The summed E-state index contributed by atoms with van der Waals surface area (Å²) in [6.07, 6.45) is 1.37. The molecule has 0 saturated heterocycles. The number of hydrogen-bond acceptors (Lipinski definition) is 4. The smallest absolute Gasteiger partial charge is 0.261 e. The molecule has 3 rings (SSSR count). The zero-order valence-corrected chi connectivity index (χ0v) is 15.5. The molecule has 2 aromatic carbocycles. The van der Waals surface area contributed by atoms with Crippen LogP contribution in [-0.4, -0.2) is 21.4 Å². The van der Waals surface area contributed by atoms with Crippen molar-refractivity contribution in [3.05, 3.63) is 64.5 Å². The molecule has 0 aliphatic rings. The van der Waals surface area contributed by atoms with Crippen LogP contribution in [0.4, 0.5) is 15.8 Å². The first kappa shape index (κ1) is 19.2. The van der Waals surface area contributed by atoms with Gasteiger partial charge in [-0.25, -0.2) is 9.37 Å². The number of para-hydroxylation sites is 1. The molecule has 0 unspecified atom stereocenters. The number of aromatic nitrogens is 2. The van der Waals surface area contributed by atoms with Crippen molar-refractivity contribution >= 4 is 34.1 Å². The van der Waals surface area contributed by atoms with Crippen molar-refractivity contribution in [3.8, 4) is 0 Å². The highest BCUT2D eigenvalue weighted by Gasteiger charge is 2.11. The standard InChI is InChI=1S/C20H19FN4O3/c1-12-4-3-5-15-19(12)22-11-25(20(15)28)9-8-18(27)24-17-10-14(23-13(2)26)6-7-16(17)21/h3-7,10-11H,8-9H2,1-2H3,(H,23,26)(H,24,27). The minimum atomic E-state index is -0.623. The number of carbonyl (C=O) groups excluding carboxylic acids is 2. The van der Waals surface area contributed by atoms with Crippen molar-refractivity contribution in [1.82, 2.24) is 9.55 Å². The number of hydrogen-bond donors (Lipinski definition) is 2. The second-order valence-corrected chi connectivity index (χ2v) is 6.39.